The first-order valence-electron chi connectivity index (χ1n) is 7.97. The van der Waals surface area contributed by atoms with E-state index in [1.807, 2.05) is 6.08 Å². The van der Waals surface area contributed by atoms with Crippen molar-refractivity contribution in [3.63, 3.8) is 0 Å². The molecule has 2 aromatic carbocycles. The van der Waals surface area contributed by atoms with Gasteiger partial charge in [0, 0.05) is 0 Å². The Labute approximate surface area is 135 Å². The fourth-order valence-electron chi connectivity index (χ4n) is 2.47. The zero-order valence-corrected chi connectivity index (χ0v) is 14.2. The Morgan fingerprint density at radius 2 is 1.59 bits per heavy atom. The largest absolute Gasteiger partial charge is 0.0985 e. The molecule has 0 nitrogen and oxygen atoms in total. The van der Waals surface area contributed by atoms with Gasteiger partial charge in [-0.25, -0.2) is 0 Å². The van der Waals surface area contributed by atoms with Crippen molar-refractivity contribution < 1.29 is 0 Å². The van der Waals surface area contributed by atoms with Crippen LogP contribution in [0.3, 0.4) is 0 Å². The molecule has 2 aromatic rings. The second-order valence-electron chi connectivity index (χ2n) is 6.77. The summed E-state index contributed by atoms with van der Waals surface area (Å²) < 4.78 is 0. The molecule has 0 aromatic heterocycles. The maximum atomic E-state index is 3.88. The first kappa shape index (κ1) is 16.3. The van der Waals surface area contributed by atoms with Crippen LogP contribution in [0.4, 0.5) is 0 Å². The van der Waals surface area contributed by atoms with Gasteiger partial charge in [0.1, 0.15) is 0 Å². The van der Waals surface area contributed by atoms with Gasteiger partial charge in [0.2, 0.25) is 0 Å². The Morgan fingerprint density at radius 1 is 0.909 bits per heavy atom. The van der Waals surface area contributed by atoms with Gasteiger partial charge in [0.25, 0.3) is 0 Å². The Balaban J connectivity index is 2.31. The van der Waals surface area contributed by atoms with Crippen molar-refractivity contribution in [3.8, 4) is 0 Å². The summed E-state index contributed by atoms with van der Waals surface area (Å²) in [6.45, 7) is 12.8. The highest BCUT2D eigenvalue weighted by atomic mass is 14.2. The highest BCUT2D eigenvalue weighted by Gasteiger charge is 2.12. The van der Waals surface area contributed by atoms with E-state index in [2.05, 4.69) is 88.9 Å². The molecule has 0 amide bonds. The van der Waals surface area contributed by atoms with Crippen molar-refractivity contribution in [3.05, 3.63) is 76.9 Å². The maximum Gasteiger partial charge on any atom is -0.0132 e. The van der Waals surface area contributed by atoms with E-state index in [9.17, 15) is 0 Å². The molecule has 0 atom stereocenters. The molecule has 0 saturated heterocycles. The average molecular weight is 290 g/mol. The summed E-state index contributed by atoms with van der Waals surface area (Å²) >= 11 is 0. The quantitative estimate of drug-likeness (QED) is 0.575. The van der Waals surface area contributed by atoms with E-state index in [0.29, 0.717) is 0 Å². The molecule has 22 heavy (non-hydrogen) atoms. The lowest BCUT2D eigenvalue weighted by molar-refractivity contribution is 0.590. The smallest absolute Gasteiger partial charge is 0.0132 e. The van der Waals surface area contributed by atoms with Crippen molar-refractivity contribution in [1.82, 2.24) is 0 Å². The summed E-state index contributed by atoms with van der Waals surface area (Å²) in [5, 5.41) is 0. The number of benzene rings is 2. The average Bonchev–Trinajstić information content (AvgIpc) is 2.52. The van der Waals surface area contributed by atoms with Crippen LogP contribution >= 0.6 is 0 Å². The molecule has 0 radical (unpaired) electrons. The molecule has 0 N–H and O–H groups in total. The van der Waals surface area contributed by atoms with Crippen molar-refractivity contribution >= 4 is 18.2 Å². The minimum absolute atomic E-state index is 0.183. The number of rotatable bonds is 4. The molecular weight excluding hydrogens is 264 g/mol. The number of aryl methyl sites for hydroxylation is 1. The van der Waals surface area contributed by atoms with E-state index in [4.69, 9.17) is 0 Å². The number of hydrogen-bond donors (Lipinski definition) is 0. The number of hydrogen-bond acceptors (Lipinski definition) is 0. The fraction of sp³-hybridized carbons (Fsp3) is 0.273. The Bertz CT molecular complexity index is 681. The van der Waals surface area contributed by atoms with E-state index in [1.165, 1.54) is 27.8 Å². The summed E-state index contributed by atoms with van der Waals surface area (Å²) in [5.41, 5.74) is 6.55. The summed E-state index contributed by atoms with van der Waals surface area (Å²) in [7, 11) is 0. The zero-order chi connectivity index (χ0) is 16.2. The molecule has 0 aliphatic carbocycles. The van der Waals surface area contributed by atoms with Gasteiger partial charge in [-0.15, -0.1) is 0 Å². The van der Waals surface area contributed by atoms with Gasteiger partial charge in [0.05, 0.1) is 0 Å². The monoisotopic (exact) mass is 290 g/mol. The van der Waals surface area contributed by atoms with Crippen molar-refractivity contribution in [2.24, 2.45) is 0 Å². The van der Waals surface area contributed by atoms with Gasteiger partial charge < -0.3 is 0 Å². The molecule has 0 heterocycles. The van der Waals surface area contributed by atoms with Crippen LogP contribution in [0.15, 0.2) is 49.0 Å². The highest BCUT2D eigenvalue weighted by Crippen LogP contribution is 2.23. The van der Waals surface area contributed by atoms with Gasteiger partial charge in [-0.3, -0.25) is 0 Å². The topological polar surface area (TPSA) is 0 Å². The third-order valence-electron chi connectivity index (χ3n) is 3.90. The second-order valence-corrected chi connectivity index (χ2v) is 6.77. The molecule has 0 spiro atoms. The first-order chi connectivity index (χ1) is 10.4. The van der Waals surface area contributed by atoms with Crippen LogP contribution in [-0.4, -0.2) is 0 Å². The van der Waals surface area contributed by atoms with Crippen LogP contribution < -0.4 is 0 Å². The van der Waals surface area contributed by atoms with Gasteiger partial charge in [-0.05, 0) is 45.7 Å². The van der Waals surface area contributed by atoms with E-state index in [0.717, 1.165) is 6.42 Å². The van der Waals surface area contributed by atoms with Crippen LogP contribution in [0.25, 0.3) is 18.2 Å². The Kier molecular flexibility index (Phi) is 5.03. The molecular formula is C22H26. The van der Waals surface area contributed by atoms with Gasteiger partial charge in [-0.2, -0.15) is 0 Å². The van der Waals surface area contributed by atoms with Gasteiger partial charge in [-0.1, -0.05) is 88.9 Å². The predicted octanol–water partition coefficient (Wildman–Crippen LogP) is 6.36. The Hall–Kier alpha value is -2.08. The van der Waals surface area contributed by atoms with Crippen molar-refractivity contribution in [2.45, 2.75) is 39.5 Å². The van der Waals surface area contributed by atoms with E-state index >= 15 is 0 Å². The third-order valence-corrected chi connectivity index (χ3v) is 3.90. The lowest BCUT2D eigenvalue weighted by Crippen LogP contribution is -2.10. The molecule has 0 fully saturated rings. The van der Waals surface area contributed by atoms with Gasteiger partial charge >= 0.3 is 0 Å². The van der Waals surface area contributed by atoms with E-state index in [-0.39, 0.29) is 5.41 Å². The summed E-state index contributed by atoms with van der Waals surface area (Å²) in [6, 6.07) is 15.4. The molecule has 0 heteroatoms. The lowest BCUT2D eigenvalue weighted by Gasteiger charge is -2.19. The highest BCUT2D eigenvalue weighted by molar-refractivity contribution is 5.71. The minimum atomic E-state index is 0.183. The molecule has 0 aliphatic rings. The normalized spacial score (nSPS) is 11.8. The predicted molar refractivity (Wildman–Crippen MR) is 100.0 cm³/mol. The van der Waals surface area contributed by atoms with Crippen LogP contribution in [0, 0.1) is 0 Å². The van der Waals surface area contributed by atoms with Crippen LogP contribution in [0.1, 0.15) is 55.5 Å². The summed E-state index contributed by atoms with van der Waals surface area (Å²) in [4.78, 5) is 0. The van der Waals surface area contributed by atoms with E-state index in [1.54, 1.807) is 0 Å². The van der Waals surface area contributed by atoms with Crippen LogP contribution in [0.5, 0.6) is 0 Å². The molecule has 114 valence electrons. The molecule has 0 unspecified atom stereocenters. The summed E-state index contributed by atoms with van der Waals surface area (Å²) in [6.07, 6.45) is 7.34. The van der Waals surface area contributed by atoms with Gasteiger partial charge in [0.15, 0.2) is 0 Å². The lowest BCUT2D eigenvalue weighted by atomic mass is 9.86. The van der Waals surface area contributed by atoms with Crippen molar-refractivity contribution in [2.75, 3.05) is 0 Å². The fourth-order valence-corrected chi connectivity index (χ4v) is 2.47. The summed E-state index contributed by atoms with van der Waals surface area (Å²) in [5.74, 6) is 0. The zero-order valence-electron chi connectivity index (χ0n) is 14.2. The minimum Gasteiger partial charge on any atom is -0.0985 e. The van der Waals surface area contributed by atoms with E-state index < -0.39 is 0 Å². The van der Waals surface area contributed by atoms with Crippen molar-refractivity contribution in [1.29, 1.82) is 0 Å². The maximum absolute atomic E-state index is 3.88. The third kappa shape index (κ3) is 4.21. The van der Waals surface area contributed by atoms with Crippen LogP contribution in [0.2, 0.25) is 0 Å². The Morgan fingerprint density at radius 3 is 2.23 bits per heavy atom. The molecule has 0 aliphatic heterocycles. The second kappa shape index (κ2) is 6.79. The molecule has 0 saturated carbocycles. The standard InChI is InChI=1S/C22H26/c1-6-17-13-18(7-2)15-20(14-17)12-11-19-9-8-10-21(16-19)22(3,4)5/h6,8-16H,1,7H2,2-5H3/b12-11+. The molecule has 0 bridgehead atoms. The molecule has 2 rings (SSSR count). The first-order valence-corrected chi connectivity index (χ1v) is 7.97. The SMILES string of the molecule is C=Cc1cc(/C=C/c2cccc(C(C)(C)C)c2)cc(CC)c1. The van der Waals surface area contributed by atoms with Crippen LogP contribution in [-0.2, 0) is 11.8 Å².